The van der Waals surface area contributed by atoms with Crippen molar-refractivity contribution in [1.29, 1.82) is 0 Å². The molecule has 1 aromatic carbocycles. The predicted octanol–water partition coefficient (Wildman–Crippen LogP) is 0.999. The van der Waals surface area contributed by atoms with Crippen LogP contribution in [-0.4, -0.2) is 29.3 Å². The predicted molar refractivity (Wildman–Crippen MR) is 56.9 cm³/mol. The Bertz CT molecular complexity index is 325. The average molecular weight is 209 g/mol. The van der Waals surface area contributed by atoms with Crippen LogP contribution in [0.5, 0.6) is 5.75 Å². The van der Waals surface area contributed by atoms with E-state index in [1.165, 1.54) is 0 Å². The fourth-order valence-corrected chi connectivity index (χ4v) is 1.27. The minimum atomic E-state index is -0.801. The summed E-state index contributed by atoms with van der Waals surface area (Å²) < 4.78 is 0. The number of benzene rings is 1. The van der Waals surface area contributed by atoms with Crippen LogP contribution in [0.1, 0.15) is 12.0 Å². The molecule has 0 amide bonds. The van der Waals surface area contributed by atoms with E-state index < -0.39 is 5.97 Å². The number of hydrogen-bond donors (Lipinski definition) is 3. The summed E-state index contributed by atoms with van der Waals surface area (Å²) in [5.41, 5.74) is 0.875. The summed E-state index contributed by atoms with van der Waals surface area (Å²) in [7, 11) is 0. The van der Waals surface area contributed by atoms with E-state index in [1.807, 2.05) is 12.1 Å². The van der Waals surface area contributed by atoms with Crippen LogP contribution >= 0.6 is 0 Å². The van der Waals surface area contributed by atoms with Crippen molar-refractivity contribution in [3.8, 4) is 5.75 Å². The summed E-state index contributed by atoms with van der Waals surface area (Å²) in [6.45, 7) is 1.13. The third-order valence-corrected chi connectivity index (χ3v) is 2.08. The zero-order valence-corrected chi connectivity index (χ0v) is 8.44. The molecule has 0 heterocycles. The van der Waals surface area contributed by atoms with Crippen LogP contribution in [0, 0.1) is 0 Å². The Morgan fingerprint density at radius 1 is 1.27 bits per heavy atom. The molecule has 1 rings (SSSR count). The van der Waals surface area contributed by atoms with Crippen LogP contribution in [0.2, 0.25) is 0 Å². The van der Waals surface area contributed by atoms with Gasteiger partial charge in [-0.1, -0.05) is 18.2 Å². The number of phenols is 1. The van der Waals surface area contributed by atoms with Crippen molar-refractivity contribution >= 4 is 5.97 Å². The molecule has 0 saturated carbocycles. The zero-order chi connectivity index (χ0) is 11.1. The number of phenolic OH excluding ortho intramolecular Hbond substituents is 1. The fraction of sp³-hybridized carbons (Fsp3) is 0.364. The van der Waals surface area contributed by atoms with Gasteiger partial charge in [-0.25, -0.2) is 0 Å². The molecule has 3 N–H and O–H groups in total. The molecule has 1 aromatic rings. The van der Waals surface area contributed by atoms with Gasteiger partial charge in [0.15, 0.2) is 0 Å². The first-order valence-corrected chi connectivity index (χ1v) is 4.89. The summed E-state index contributed by atoms with van der Waals surface area (Å²) in [4.78, 5) is 10.2. The van der Waals surface area contributed by atoms with E-state index in [0.717, 1.165) is 5.56 Å². The van der Waals surface area contributed by atoms with Crippen LogP contribution in [0.25, 0.3) is 0 Å². The van der Waals surface area contributed by atoms with Gasteiger partial charge in [0.1, 0.15) is 5.75 Å². The van der Waals surface area contributed by atoms with E-state index in [1.54, 1.807) is 12.1 Å². The van der Waals surface area contributed by atoms with E-state index in [9.17, 15) is 9.90 Å². The molecule has 4 heteroatoms. The van der Waals surface area contributed by atoms with Crippen LogP contribution in [0.3, 0.4) is 0 Å². The molecule has 0 aromatic heterocycles. The Morgan fingerprint density at radius 3 is 2.67 bits per heavy atom. The molecular weight excluding hydrogens is 194 g/mol. The fourth-order valence-electron chi connectivity index (χ4n) is 1.27. The van der Waals surface area contributed by atoms with Crippen molar-refractivity contribution in [1.82, 2.24) is 5.32 Å². The van der Waals surface area contributed by atoms with Crippen molar-refractivity contribution in [2.75, 3.05) is 13.1 Å². The first-order valence-electron chi connectivity index (χ1n) is 4.89. The van der Waals surface area contributed by atoms with Crippen molar-refractivity contribution in [2.45, 2.75) is 12.8 Å². The number of para-hydroxylation sites is 1. The highest BCUT2D eigenvalue weighted by molar-refractivity contribution is 5.66. The maximum Gasteiger partial charge on any atom is 0.304 e. The lowest BCUT2D eigenvalue weighted by molar-refractivity contribution is -0.136. The number of carboxylic acids is 1. The molecule has 0 aliphatic rings. The van der Waals surface area contributed by atoms with Gasteiger partial charge in [-0.15, -0.1) is 0 Å². The maximum absolute atomic E-state index is 10.2. The van der Waals surface area contributed by atoms with E-state index in [-0.39, 0.29) is 12.2 Å². The molecular formula is C11H15NO3. The van der Waals surface area contributed by atoms with E-state index >= 15 is 0 Å². The third kappa shape index (κ3) is 4.46. The summed E-state index contributed by atoms with van der Waals surface area (Å²) in [6, 6.07) is 7.14. The Balaban J connectivity index is 2.21. The van der Waals surface area contributed by atoms with Gasteiger partial charge in [-0.2, -0.15) is 0 Å². The zero-order valence-electron chi connectivity index (χ0n) is 8.44. The van der Waals surface area contributed by atoms with Gasteiger partial charge in [0.25, 0.3) is 0 Å². The van der Waals surface area contributed by atoms with Crippen LogP contribution in [0.15, 0.2) is 24.3 Å². The van der Waals surface area contributed by atoms with Crippen molar-refractivity contribution in [3.63, 3.8) is 0 Å². The molecule has 82 valence electrons. The van der Waals surface area contributed by atoms with E-state index in [0.29, 0.717) is 19.5 Å². The minimum Gasteiger partial charge on any atom is -0.508 e. The third-order valence-electron chi connectivity index (χ3n) is 2.08. The van der Waals surface area contributed by atoms with Gasteiger partial charge < -0.3 is 15.5 Å². The second-order valence-corrected chi connectivity index (χ2v) is 3.27. The van der Waals surface area contributed by atoms with Crippen molar-refractivity contribution in [3.05, 3.63) is 29.8 Å². The average Bonchev–Trinajstić information content (AvgIpc) is 2.20. The van der Waals surface area contributed by atoms with Gasteiger partial charge in [-0.3, -0.25) is 4.79 Å². The number of rotatable bonds is 6. The highest BCUT2D eigenvalue weighted by Crippen LogP contribution is 2.15. The Kier molecular flexibility index (Phi) is 4.63. The summed E-state index contributed by atoms with van der Waals surface area (Å²) in [5, 5.41) is 20.8. The number of aromatic hydroxyl groups is 1. The molecule has 15 heavy (non-hydrogen) atoms. The Labute approximate surface area is 88.6 Å². The lowest BCUT2D eigenvalue weighted by Gasteiger charge is -2.04. The molecule has 0 bridgehead atoms. The Hall–Kier alpha value is -1.55. The van der Waals surface area contributed by atoms with Gasteiger partial charge in [0.05, 0.1) is 6.42 Å². The number of hydrogen-bond acceptors (Lipinski definition) is 3. The number of nitrogens with one attached hydrogen (secondary N) is 1. The smallest absolute Gasteiger partial charge is 0.304 e. The first kappa shape index (κ1) is 11.5. The largest absolute Gasteiger partial charge is 0.508 e. The number of carboxylic acid groups (broad SMARTS) is 1. The first-order chi connectivity index (χ1) is 7.20. The van der Waals surface area contributed by atoms with Crippen LogP contribution < -0.4 is 5.32 Å². The van der Waals surface area contributed by atoms with Gasteiger partial charge in [0, 0.05) is 6.54 Å². The standard InChI is InChI=1S/C11H15NO3/c13-10-4-2-1-3-9(10)5-7-12-8-6-11(14)15/h1-4,12-13H,5-8H2,(H,14,15). The lowest BCUT2D eigenvalue weighted by atomic mass is 10.1. The van der Waals surface area contributed by atoms with Gasteiger partial charge in [0.2, 0.25) is 0 Å². The maximum atomic E-state index is 10.2. The van der Waals surface area contributed by atoms with Crippen molar-refractivity contribution in [2.24, 2.45) is 0 Å². The van der Waals surface area contributed by atoms with E-state index in [2.05, 4.69) is 5.32 Å². The molecule has 0 atom stereocenters. The quantitative estimate of drug-likeness (QED) is 0.611. The molecule has 0 radical (unpaired) electrons. The lowest BCUT2D eigenvalue weighted by Crippen LogP contribution is -2.20. The SMILES string of the molecule is O=C(O)CCNCCc1ccccc1O. The summed E-state index contributed by atoms with van der Waals surface area (Å²) in [6.07, 6.45) is 0.826. The highest BCUT2D eigenvalue weighted by atomic mass is 16.4. The molecule has 0 saturated heterocycles. The summed E-state index contributed by atoms with van der Waals surface area (Å²) >= 11 is 0. The van der Waals surface area contributed by atoms with Crippen molar-refractivity contribution < 1.29 is 15.0 Å². The second kappa shape index (κ2) is 6.03. The normalized spacial score (nSPS) is 10.1. The molecule has 0 unspecified atom stereocenters. The number of aliphatic carboxylic acids is 1. The second-order valence-electron chi connectivity index (χ2n) is 3.27. The molecule has 0 aliphatic carbocycles. The minimum absolute atomic E-state index is 0.126. The molecule has 0 aliphatic heterocycles. The Morgan fingerprint density at radius 2 is 2.00 bits per heavy atom. The topological polar surface area (TPSA) is 69.6 Å². The summed E-state index contributed by atoms with van der Waals surface area (Å²) in [5.74, 6) is -0.511. The van der Waals surface area contributed by atoms with Gasteiger partial charge in [-0.05, 0) is 24.6 Å². The molecule has 4 nitrogen and oxygen atoms in total. The van der Waals surface area contributed by atoms with E-state index in [4.69, 9.17) is 5.11 Å². The monoisotopic (exact) mass is 209 g/mol. The van der Waals surface area contributed by atoms with Gasteiger partial charge >= 0.3 is 5.97 Å². The highest BCUT2D eigenvalue weighted by Gasteiger charge is 1.99. The van der Waals surface area contributed by atoms with Crippen LogP contribution in [-0.2, 0) is 11.2 Å². The molecule has 0 fully saturated rings. The van der Waals surface area contributed by atoms with Crippen LogP contribution in [0.4, 0.5) is 0 Å². The molecule has 0 spiro atoms. The number of carbonyl (C=O) groups is 1.